The predicted molar refractivity (Wildman–Crippen MR) is 93.2 cm³/mol. The third kappa shape index (κ3) is 4.32. The molecule has 1 aromatic carbocycles. The van der Waals surface area contributed by atoms with Crippen LogP contribution >= 0.6 is 0 Å². The molecule has 2 aromatic rings. The molecule has 0 atom stereocenters. The first-order chi connectivity index (χ1) is 11.7. The summed E-state index contributed by atoms with van der Waals surface area (Å²) in [7, 11) is 1.76. The molecule has 1 amide bonds. The maximum Gasteiger partial charge on any atom is 0.307 e. The number of carbonyl (C=O) groups is 2. The van der Waals surface area contributed by atoms with Crippen molar-refractivity contribution in [3.63, 3.8) is 0 Å². The molecule has 6 heteroatoms. The lowest BCUT2D eigenvalue weighted by Crippen LogP contribution is -2.34. The molecule has 0 saturated carbocycles. The number of ether oxygens (including phenoxy) is 1. The molecular formula is C18H21N3O3. The van der Waals surface area contributed by atoms with Crippen molar-refractivity contribution in [2.24, 2.45) is 0 Å². The predicted octanol–water partition coefficient (Wildman–Crippen LogP) is 2.72. The Morgan fingerprint density at radius 2 is 1.92 bits per heavy atom. The highest BCUT2D eigenvalue weighted by Crippen LogP contribution is 2.20. The lowest BCUT2D eigenvalue weighted by molar-refractivity contribution is -0.142. The molecule has 0 aliphatic heterocycles. The topological polar surface area (TPSA) is 71.5 Å². The van der Waals surface area contributed by atoms with Crippen LogP contribution in [0.1, 0.15) is 23.7 Å². The van der Waals surface area contributed by atoms with Gasteiger partial charge in [0.2, 0.25) is 0 Å². The fraction of sp³-hybridized carbons (Fsp3) is 0.278. The number of nitrogens with zero attached hydrogens (tertiary/aromatic N) is 2. The number of aromatic nitrogens is 1. The summed E-state index contributed by atoms with van der Waals surface area (Å²) >= 11 is 0. The van der Waals surface area contributed by atoms with Crippen LogP contribution in [0.2, 0.25) is 0 Å². The van der Waals surface area contributed by atoms with Gasteiger partial charge in [-0.1, -0.05) is 18.2 Å². The van der Waals surface area contributed by atoms with E-state index in [1.165, 1.54) is 4.90 Å². The van der Waals surface area contributed by atoms with Crippen molar-refractivity contribution >= 4 is 23.4 Å². The van der Waals surface area contributed by atoms with Crippen molar-refractivity contribution in [3.8, 4) is 0 Å². The second-order valence-electron chi connectivity index (χ2n) is 5.00. The fourth-order valence-electron chi connectivity index (χ4n) is 2.30. The van der Waals surface area contributed by atoms with E-state index < -0.39 is 0 Å². The van der Waals surface area contributed by atoms with Crippen LogP contribution in [0.3, 0.4) is 0 Å². The summed E-state index contributed by atoms with van der Waals surface area (Å²) in [6, 6.07) is 12.5. The summed E-state index contributed by atoms with van der Waals surface area (Å²) in [5, 5.41) is 3.01. The lowest BCUT2D eigenvalue weighted by Gasteiger charge is -2.22. The summed E-state index contributed by atoms with van der Waals surface area (Å²) in [5.41, 5.74) is 1.24. The molecular weight excluding hydrogens is 306 g/mol. The molecule has 0 aliphatic carbocycles. The minimum absolute atomic E-state index is 0.109. The van der Waals surface area contributed by atoms with E-state index in [-0.39, 0.29) is 24.8 Å². The Balaban J connectivity index is 2.28. The Hall–Kier alpha value is -2.89. The van der Waals surface area contributed by atoms with Crippen molar-refractivity contribution in [2.75, 3.05) is 30.4 Å². The first-order valence-electron chi connectivity index (χ1n) is 7.82. The van der Waals surface area contributed by atoms with Gasteiger partial charge in [-0.3, -0.25) is 14.5 Å². The van der Waals surface area contributed by atoms with E-state index in [4.69, 9.17) is 4.74 Å². The first-order valence-corrected chi connectivity index (χ1v) is 7.82. The van der Waals surface area contributed by atoms with Crippen LogP contribution in [0.4, 0.5) is 11.5 Å². The fourth-order valence-corrected chi connectivity index (χ4v) is 2.30. The summed E-state index contributed by atoms with van der Waals surface area (Å²) in [6.45, 7) is 2.27. The Labute approximate surface area is 141 Å². The quantitative estimate of drug-likeness (QED) is 0.792. The van der Waals surface area contributed by atoms with Gasteiger partial charge in [0.1, 0.15) is 5.82 Å². The summed E-state index contributed by atoms with van der Waals surface area (Å²) in [5.74, 6) is -0.0613. The smallest absolute Gasteiger partial charge is 0.307 e. The van der Waals surface area contributed by atoms with Gasteiger partial charge in [0.05, 0.1) is 18.6 Å². The van der Waals surface area contributed by atoms with Crippen molar-refractivity contribution < 1.29 is 14.3 Å². The number of rotatable bonds is 7. The number of pyridine rings is 1. The molecule has 2 rings (SSSR count). The van der Waals surface area contributed by atoms with Crippen molar-refractivity contribution in [1.82, 2.24) is 4.98 Å². The first kappa shape index (κ1) is 17.5. The summed E-state index contributed by atoms with van der Waals surface area (Å²) < 4.78 is 4.95. The molecule has 6 nitrogen and oxygen atoms in total. The second kappa shape index (κ2) is 8.67. The number of nitrogens with one attached hydrogen (secondary N) is 1. The molecule has 0 fully saturated rings. The van der Waals surface area contributed by atoms with Gasteiger partial charge in [0.15, 0.2) is 0 Å². The van der Waals surface area contributed by atoms with Crippen molar-refractivity contribution in [2.45, 2.75) is 13.3 Å². The Morgan fingerprint density at radius 3 is 2.58 bits per heavy atom. The summed E-state index contributed by atoms with van der Waals surface area (Å²) in [6.07, 6.45) is 1.72. The molecule has 1 N–H and O–H groups in total. The van der Waals surface area contributed by atoms with Crippen LogP contribution in [0.25, 0.3) is 0 Å². The molecule has 0 bridgehead atoms. The number of para-hydroxylation sites is 1. The molecule has 0 spiro atoms. The zero-order valence-electron chi connectivity index (χ0n) is 13.9. The SMILES string of the molecule is CCOC(=O)CCN(C(=O)c1ccccc1NC)c1ccccn1. The van der Waals surface area contributed by atoms with E-state index in [0.29, 0.717) is 18.0 Å². The molecule has 0 radical (unpaired) electrons. The highest BCUT2D eigenvalue weighted by molar-refractivity contribution is 6.09. The molecule has 126 valence electrons. The maximum atomic E-state index is 13.0. The van der Waals surface area contributed by atoms with E-state index in [9.17, 15) is 9.59 Å². The molecule has 0 aliphatic rings. The Kier molecular flexibility index (Phi) is 6.31. The van der Waals surface area contributed by atoms with Gasteiger partial charge in [-0.25, -0.2) is 4.98 Å². The third-order valence-electron chi connectivity index (χ3n) is 3.44. The van der Waals surface area contributed by atoms with Crippen molar-refractivity contribution in [1.29, 1.82) is 0 Å². The van der Waals surface area contributed by atoms with E-state index in [2.05, 4.69) is 10.3 Å². The number of esters is 1. The highest BCUT2D eigenvalue weighted by atomic mass is 16.5. The van der Waals surface area contributed by atoms with Crippen LogP contribution in [0.15, 0.2) is 48.7 Å². The largest absolute Gasteiger partial charge is 0.466 e. The van der Waals surface area contributed by atoms with Crippen molar-refractivity contribution in [3.05, 3.63) is 54.2 Å². The maximum absolute atomic E-state index is 13.0. The number of anilines is 2. The average molecular weight is 327 g/mol. The second-order valence-corrected chi connectivity index (χ2v) is 5.00. The van der Waals surface area contributed by atoms with Crippen LogP contribution in [-0.4, -0.2) is 37.1 Å². The van der Waals surface area contributed by atoms with Gasteiger partial charge in [-0.05, 0) is 31.2 Å². The van der Waals surface area contributed by atoms with E-state index in [0.717, 1.165) is 5.69 Å². The van der Waals surface area contributed by atoms with Gasteiger partial charge in [0.25, 0.3) is 5.91 Å². The van der Waals surface area contributed by atoms with E-state index >= 15 is 0 Å². The van der Waals surface area contributed by atoms with E-state index in [1.54, 1.807) is 50.5 Å². The van der Waals surface area contributed by atoms with Crippen LogP contribution in [0.5, 0.6) is 0 Å². The van der Waals surface area contributed by atoms with Gasteiger partial charge in [-0.2, -0.15) is 0 Å². The van der Waals surface area contributed by atoms with Gasteiger partial charge in [-0.15, -0.1) is 0 Å². The van der Waals surface area contributed by atoms with Crippen LogP contribution < -0.4 is 10.2 Å². The number of amides is 1. The number of benzene rings is 1. The summed E-state index contributed by atoms with van der Waals surface area (Å²) in [4.78, 5) is 30.4. The van der Waals surface area contributed by atoms with Crippen LogP contribution in [-0.2, 0) is 9.53 Å². The van der Waals surface area contributed by atoms with Gasteiger partial charge < -0.3 is 10.1 Å². The number of carbonyl (C=O) groups excluding carboxylic acids is 2. The molecule has 0 unspecified atom stereocenters. The lowest BCUT2D eigenvalue weighted by atomic mass is 10.1. The zero-order valence-corrected chi connectivity index (χ0v) is 13.9. The molecule has 1 aromatic heterocycles. The molecule has 1 heterocycles. The molecule has 24 heavy (non-hydrogen) atoms. The Morgan fingerprint density at radius 1 is 1.17 bits per heavy atom. The van der Waals surface area contributed by atoms with E-state index in [1.807, 2.05) is 12.1 Å². The standard InChI is InChI=1S/C18H21N3O3/c1-3-24-17(22)11-13-21(16-10-6-7-12-20-16)18(23)14-8-4-5-9-15(14)19-2/h4-10,12,19H,3,11,13H2,1-2H3. The minimum Gasteiger partial charge on any atom is -0.466 e. The average Bonchev–Trinajstić information content (AvgIpc) is 2.62. The third-order valence-corrected chi connectivity index (χ3v) is 3.44. The zero-order chi connectivity index (χ0) is 17.4. The van der Waals surface area contributed by atoms with Crippen LogP contribution in [0, 0.1) is 0 Å². The Bertz CT molecular complexity index is 689. The van der Waals surface area contributed by atoms with Gasteiger partial charge >= 0.3 is 5.97 Å². The number of hydrogen-bond donors (Lipinski definition) is 1. The minimum atomic E-state index is -0.340. The normalized spacial score (nSPS) is 10.1. The number of hydrogen-bond acceptors (Lipinski definition) is 5. The highest BCUT2D eigenvalue weighted by Gasteiger charge is 2.22. The monoisotopic (exact) mass is 327 g/mol. The van der Waals surface area contributed by atoms with Gasteiger partial charge in [0, 0.05) is 25.5 Å². The molecule has 0 saturated heterocycles.